The van der Waals surface area contributed by atoms with E-state index in [2.05, 4.69) is 39.8 Å². The van der Waals surface area contributed by atoms with E-state index >= 15 is 0 Å². The van der Waals surface area contributed by atoms with Gasteiger partial charge >= 0.3 is 0 Å². The molecule has 0 aliphatic rings. The van der Waals surface area contributed by atoms with Crippen LogP contribution in [-0.4, -0.2) is 10.9 Å². The monoisotopic (exact) mass is 390 g/mol. The number of aromatic amines is 1. The summed E-state index contributed by atoms with van der Waals surface area (Å²) in [6.45, 7) is 4.11. The van der Waals surface area contributed by atoms with Crippen LogP contribution in [-0.2, 0) is 0 Å². The number of carbonyl (C=O) groups is 1. The van der Waals surface area contributed by atoms with Crippen molar-refractivity contribution in [2.24, 2.45) is 0 Å². The molecule has 3 nitrogen and oxygen atoms in total. The molecule has 0 saturated carbocycles. The van der Waals surface area contributed by atoms with Crippen molar-refractivity contribution in [2.45, 2.75) is 13.8 Å². The third-order valence-corrected chi connectivity index (χ3v) is 4.32. The van der Waals surface area contributed by atoms with Gasteiger partial charge in [0.25, 0.3) is 5.91 Å². The lowest BCUT2D eigenvalue weighted by molar-refractivity contribution is 0.102. The molecule has 0 saturated heterocycles. The Balaban J connectivity index is 1.92. The van der Waals surface area contributed by atoms with Crippen LogP contribution in [0.5, 0.6) is 0 Å². The number of H-pyrrole nitrogens is 1. The number of anilines is 1. The minimum Gasteiger partial charge on any atom is -0.358 e. The summed E-state index contributed by atoms with van der Waals surface area (Å²) in [4.78, 5) is 15.7. The second-order valence-corrected chi connectivity index (χ2v) is 6.35. The number of aromatic nitrogens is 1. The first-order chi connectivity index (χ1) is 10.0. The number of aryl methyl sites for hydroxylation is 2. The Morgan fingerprint density at radius 3 is 2.71 bits per heavy atom. The van der Waals surface area contributed by atoms with Crippen LogP contribution in [0.4, 0.5) is 5.69 Å². The van der Waals surface area contributed by atoms with Gasteiger partial charge in [0.15, 0.2) is 0 Å². The molecule has 0 fully saturated rings. The van der Waals surface area contributed by atoms with Gasteiger partial charge in [-0.1, -0.05) is 6.07 Å². The first-order valence-electron chi connectivity index (χ1n) is 6.70. The van der Waals surface area contributed by atoms with Gasteiger partial charge in [-0.15, -0.1) is 0 Å². The normalized spacial score (nSPS) is 10.8. The average molecular weight is 390 g/mol. The molecule has 2 N–H and O–H groups in total. The number of benzene rings is 2. The molecule has 1 heterocycles. The Kier molecular flexibility index (Phi) is 3.71. The van der Waals surface area contributed by atoms with Crippen LogP contribution in [0.25, 0.3) is 10.9 Å². The highest BCUT2D eigenvalue weighted by Gasteiger charge is 2.10. The number of carbonyl (C=O) groups excluding carboxylic acids is 1. The SMILES string of the molecule is Cc1[nH]c2ccc(C(=O)Nc3cccc(I)c3)cc2c1C. The van der Waals surface area contributed by atoms with Crippen LogP contribution in [0.3, 0.4) is 0 Å². The number of fused-ring (bicyclic) bond motifs is 1. The zero-order chi connectivity index (χ0) is 15.0. The minimum absolute atomic E-state index is 0.0860. The smallest absolute Gasteiger partial charge is 0.255 e. The van der Waals surface area contributed by atoms with Gasteiger partial charge in [0, 0.05) is 31.4 Å². The van der Waals surface area contributed by atoms with E-state index in [1.165, 1.54) is 5.56 Å². The standard InChI is InChI=1S/C17H15IN2O/c1-10-11(2)19-16-7-6-12(8-15(10)16)17(21)20-14-5-3-4-13(18)9-14/h3-9,19H,1-2H3,(H,20,21). The summed E-state index contributed by atoms with van der Waals surface area (Å²) in [6, 6.07) is 13.5. The maximum atomic E-state index is 12.4. The molecule has 0 spiro atoms. The minimum atomic E-state index is -0.0860. The Hall–Kier alpha value is -1.82. The Morgan fingerprint density at radius 2 is 1.95 bits per heavy atom. The molecule has 106 valence electrons. The molecule has 3 rings (SSSR count). The molecule has 0 aliphatic carbocycles. The second-order valence-electron chi connectivity index (χ2n) is 5.10. The fourth-order valence-corrected chi connectivity index (χ4v) is 2.92. The maximum Gasteiger partial charge on any atom is 0.255 e. The topological polar surface area (TPSA) is 44.9 Å². The third kappa shape index (κ3) is 2.81. The zero-order valence-electron chi connectivity index (χ0n) is 11.8. The number of hydrogen-bond acceptors (Lipinski definition) is 1. The van der Waals surface area contributed by atoms with Gasteiger partial charge in [-0.3, -0.25) is 4.79 Å². The van der Waals surface area contributed by atoms with Gasteiger partial charge in [-0.25, -0.2) is 0 Å². The van der Waals surface area contributed by atoms with Crippen molar-refractivity contribution in [1.29, 1.82) is 0 Å². The molecular formula is C17H15IN2O. The molecule has 4 heteroatoms. The quantitative estimate of drug-likeness (QED) is 0.616. The Bertz CT molecular complexity index is 836. The largest absolute Gasteiger partial charge is 0.358 e. The van der Waals surface area contributed by atoms with Gasteiger partial charge < -0.3 is 10.3 Å². The molecule has 3 aromatic rings. The van der Waals surface area contributed by atoms with Crippen molar-refractivity contribution in [3.63, 3.8) is 0 Å². The summed E-state index contributed by atoms with van der Waals surface area (Å²) in [5, 5.41) is 4.04. The van der Waals surface area contributed by atoms with Gasteiger partial charge in [-0.05, 0) is 78.4 Å². The van der Waals surface area contributed by atoms with E-state index in [0.29, 0.717) is 5.56 Å². The lowest BCUT2D eigenvalue weighted by Gasteiger charge is -2.06. The van der Waals surface area contributed by atoms with Crippen molar-refractivity contribution in [3.8, 4) is 0 Å². The number of hydrogen-bond donors (Lipinski definition) is 2. The highest BCUT2D eigenvalue weighted by atomic mass is 127. The summed E-state index contributed by atoms with van der Waals surface area (Å²) >= 11 is 2.23. The molecule has 21 heavy (non-hydrogen) atoms. The van der Waals surface area contributed by atoms with Crippen LogP contribution >= 0.6 is 22.6 Å². The van der Waals surface area contributed by atoms with Crippen molar-refractivity contribution in [2.75, 3.05) is 5.32 Å². The fourth-order valence-electron chi connectivity index (χ4n) is 2.37. The Labute approximate surface area is 136 Å². The van der Waals surface area contributed by atoms with Crippen molar-refractivity contribution in [3.05, 3.63) is 62.9 Å². The van der Waals surface area contributed by atoms with Crippen LogP contribution < -0.4 is 5.32 Å². The molecule has 0 aliphatic heterocycles. The highest BCUT2D eigenvalue weighted by Crippen LogP contribution is 2.23. The maximum absolute atomic E-state index is 12.4. The van der Waals surface area contributed by atoms with Crippen molar-refractivity contribution >= 4 is 45.1 Å². The number of amides is 1. The summed E-state index contributed by atoms with van der Waals surface area (Å²) in [5.74, 6) is -0.0860. The summed E-state index contributed by atoms with van der Waals surface area (Å²) in [7, 11) is 0. The van der Waals surface area contributed by atoms with Crippen molar-refractivity contribution in [1.82, 2.24) is 4.98 Å². The number of halogens is 1. The van der Waals surface area contributed by atoms with Gasteiger partial charge in [0.2, 0.25) is 0 Å². The van der Waals surface area contributed by atoms with Crippen molar-refractivity contribution < 1.29 is 4.79 Å². The molecule has 2 aromatic carbocycles. The van der Waals surface area contributed by atoms with E-state index in [0.717, 1.165) is 25.9 Å². The van der Waals surface area contributed by atoms with Crippen LogP contribution in [0, 0.1) is 17.4 Å². The van der Waals surface area contributed by atoms with Crippen LogP contribution in [0.2, 0.25) is 0 Å². The second kappa shape index (κ2) is 5.52. The summed E-state index contributed by atoms with van der Waals surface area (Å²) in [5.41, 5.74) is 4.88. The predicted molar refractivity (Wildman–Crippen MR) is 94.9 cm³/mol. The van der Waals surface area contributed by atoms with Crippen LogP contribution in [0.1, 0.15) is 21.6 Å². The first-order valence-corrected chi connectivity index (χ1v) is 7.78. The van der Waals surface area contributed by atoms with E-state index < -0.39 is 0 Å². The molecule has 1 aromatic heterocycles. The lowest BCUT2D eigenvalue weighted by Crippen LogP contribution is -2.11. The lowest BCUT2D eigenvalue weighted by atomic mass is 10.1. The zero-order valence-corrected chi connectivity index (χ0v) is 14.0. The summed E-state index contributed by atoms with van der Waals surface area (Å²) in [6.07, 6.45) is 0. The van der Waals surface area contributed by atoms with Gasteiger partial charge in [0.1, 0.15) is 0 Å². The van der Waals surface area contributed by atoms with Gasteiger partial charge in [-0.2, -0.15) is 0 Å². The third-order valence-electron chi connectivity index (χ3n) is 3.65. The van der Waals surface area contributed by atoms with E-state index in [1.54, 1.807) is 0 Å². The molecule has 1 amide bonds. The van der Waals surface area contributed by atoms with E-state index in [-0.39, 0.29) is 5.91 Å². The molecule has 0 bridgehead atoms. The highest BCUT2D eigenvalue weighted by molar-refractivity contribution is 14.1. The van der Waals surface area contributed by atoms with Crippen LogP contribution in [0.15, 0.2) is 42.5 Å². The van der Waals surface area contributed by atoms with Gasteiger partial charge in [0.05, 0.1) is 0 Å². The molecular weight excluding hydrogens is 375 g/mol. The number of rotatable bonds is 2. The average Bonchev–Trinajstić information content (AvgIpc) is 2.74. The van der Waals surface area contributed by atoms with E-state index in [1.807, 2.05) is 49.4 Å². The summed E-state index contributed by atoms with van der Waals surface area (Å²) < 4.78 is 1.10. The molecule has 0 radical (unpaired) electrons. The first kappa shape index (κ1) is 14.1. The predicted octanol–water partition coefficient (Wildman–Crippen LogP) is 4.64. The number of nitrogens with one attached hydrogen (secondary N) is 2. The molecule has 0 unspecified atom stereocenters. The fraction of sp³-hybridized carbons (Fsp3) is 0.118. The van der Waals surface area contributed by atoms with E-state index in [9.17, 15) is 4.79 Å². The van der Waals surface area contributed by atoms with E-state index in [4.69, 9.17) is 0 Å². The Morgan fingerprint density at radius 1 is 1.14 bits per heavy atom. The molecule has 0 atom stereocenters.